The van der Waals surface area contributed by atoms with Crippen molar-refractivity contribution in [1.82, 2.24) is 4.98 Å². The Morgan fingerprint density at radius 3 is 2.67 bits per heavy atom. The van der Waals surface area contributed by atoms with Crippen LogP contribution >= 0.6 is 11.6 Å². The molecule has 0 aliphatic heterocycles. The van der Waals surface area contributed by atoms with E-state index in [2.05, 4.69) is 22.4 Å². The minimum absolute atomic E-state index is 0.488. The molecule has 2 rings (SSSR count). The van der Waals surface area contributed by atoms with Gasteiger partial charge in [-0.25, -0.2) is 4.98 Å². The number of nitrogens with zero attached hydrogens (tertiary/aromatic N) is 1. The van der Waals surface area contributed by atoms with E-state index in [4.69, 9.17) is 16.3 Å². The number of hydrogen-bond donors (Lipinski definition) is 1. The predicted molar refractivity (Wildman–Crippen MR) is 73.7 cm³/mol. The summed E-state index contributed by atoms with van der Waals surface area (Å²) >= 11 is 5.99. The Bertz CT molecular complexity index is 517. The standard InChI is InChI=1S/C14H15ClN2O/c1-18-10-12-6-3-2-5-11(12)9-17-13-7-4-8-16-14(13)15/h2-8,17H,9-10H2,1H3. The molecular weight excluding hydrogens is 248 g/mol. The second-order valence-corrected chi connectivity index (χ2v) is 4.26. The number of ether oxygens (including phenoxy) is 1. The monoisotopic (exact) mass is 262 g/mol. The Balaban J connectivity index is 2.08. The second kappa shape index (κ2) is 6.38. The van der Waals surface area contributed by atoms with Crippen LogP contribution in [-0.4, -0.2) is 12.1 Å². The molecule has 1 N–H and O–H groups in total. The van der Waals surface area contributed by atoms with Crippen LogP contribution < -0.4 is 5.32 Å². The van der Waals surface area contributed by atoms with Crippen LogP contribution in [0.5, 0.6) is 0 Å². The Hall–Kier alpha value is -1.58. The first-order chi connectivity index (χ1) is 8.81. The van der Waals surface area contributed by atoms with Crippen LogP contribution in [0.4, 0.5) is 5.69 Å². The highest BCUT2D eigenvalue weighted by Crippen LogP contribution is 2.19. The summed E-state index contributed by atoms with van der Waals surface area (Å²) in [6.07, 6.45) is 1.67. The molecule has 0 radical (unpaired) electrons. The summed E-state index contributed by atoms with van der Waals surface area (Å²) in [6, 6.07) is 11.9. The highest BCUT2D eigenvalue weighted by atomic mass is 35.5. The van der Waals surface area contributed by atoms with Crippen molar-refractivity contribution in [1.29, 1.82) is 0 Å². The molecule has 1 heterocycles. The fourth-order valence-corrected chi connectivity index (χ4v) is 1.92. The van der Waals surface area contributed by atoms with E-state index in [0.717, 1.165) is 5.69 Å². The molecule has 1 aromatic heterocycles. The van der Waals surface area contributed by atoms with Gasteiger partial charge >= 0.3 is 0 Å². The smallest absolute Gasteiger partial charge is 0.152 e. The van der Waals surface area contributed by atoms with E-state index >= 15 is 0 Å². The normalized spacial score (nSPS) is 10.3. The summed E-state index contributed by atoms with van der Waals surface area (Å²) < 4.78 is 5.18. The summed E-state index contributed by atoms with van der Waals surface area (Å²) in [6.45, 7) is 1.31. The van der Waals surface area contributed by atoms with E-state index in [9.17, 15) is 0 Å². The molecule has 3 nitrogen and oxygen atoms in total. The van der Waals surface area contributed by atoms with E-state index in [-0.39, 0.29) is 0 Å². The minimum Gasteiger partial charge on any atom is -0.380 e. The first kappa shape index (κ1) is 12.9. The van der Waals surface area contributed by atoms with Gasteiger partial charge in [0.05, 0.1) is 12.3 Å². The lowest BCUT2D eigenvalue weighted by molar-refractivity contribution is 0.184. The van der Waals surface area contributed by atoms with Gasteiger partial charge in [-0.05, 0) is 23.3 Å². The highest BCUT2D eigenvalue weighted by molar-refractivity contribution is 6.31. The van der Waals surface area contributed by atoms with Gasteiger partial charge in [0.2, 0.25) is 0 Å². The molecule has 0 aliphatic rings. The first-order valence-electron chi connectivity index (χ1n) is 5.71. The number of pyridine rings is 1. The SMILES string of the molecule is COCc1ccccc1CNc1cccnc1Cl. The Kier molecular flexibility index (Phi) is 4.56. The molecule has 2 aromatic rings. The molecule has 0 spiro atoms. The molecule has 0 aliphatic carbocycles. The van der Waals surface area contributed by atoms with Crippen molar-refractivity contribution in [3.8, 4) is 0 Å². The molecule has 0 fully saturated rings. The quantitative estimate of drug-likeness (QED) is 0.838. The molecule has 0 saturated heterocycles. The van der Waals surface area contributed by atoms with Crippen molar-refractivity contribution in [3.05, 3.63) is 58.9 Å². The van der Waals surface area contributed by atoms with Gasteiger partial charge in [-0.1, -0.05) is 35.9 Å². The van der Waals surface area contributed by atoms with Crippen molar-refractivity contribution in [2.75, 3.05) is 12.4 Å². The summed E-state index contributed by atoms with van der Waals surface area (Å²) in [5.74, 6) is 0. The van der Waals surface area contributed by atoms with Gasteiger partial charge in [0.15, 0.2) is 5.15 Å². The lowest BCUT2D eigenvalue weighted by Gasteiger charge is -2.11. The zero-order chi connectivity index (χ0) is 12.8. The van der Waals surface area contributed by atoms with Gasteiger partial charge in [0, 0.05) is 19.9 Å². The number of methoxy groups -OCH3 is 1. The van der Waals surface area contributed by atoms with E-state index in [1.165, 1.54) is 11.1 Å². The average molecular weight is 263 g/mol. The maximum Gasteiger partial charge on any atom is 0.152 e. The van der Waals surface area contributed by atoms with Crippen LogP contribution in [0.3, 0.4) is 0 Å². The Morgan fingerprint density at radius 1 is 1.17 bits per heavy atom. The maximum atomic E-state index is 5.99. The van der Waals surface area contributed by atoms with Crippen molar-refractivity contribution < 1.29 is 4.74 Å². The lowest BCUT2D eigenvalue weighted by Crippen LogP contribution is -2.04. The third kappa shape index (κ3) is 3.22. The molecule has 4 heteroatoms. The number of nitrogens with one attached hydrogen (secondary N) is 1. The first-order valence-corrected chi connectivity index (χ1v) is 6.09. The van der Waals surface area contributed by atoms with Crippen molar-refractivity contribution >= 4 is 17.3 Å². The van der Waals surface area contributed by atoms with Crippen molar-refractivity contribution in [3.63, 3.8) is 0 Å². The number of anilines is 1. The zero-order valence-corrected chi connectivity index (χ0v) is 10.9. The number of benzene rings is 1. The van der Waals surface area contributed by atoms with Crippen LogP contribution in [0.1, 0.15) is 11.1 Å². The van der Waals surface area contributed by atoms with Gasteiger partial charge < -0.3 is 10.1 Å². The fraction of sp³-hybridized carbons (Fsp3) is 0.214. The molecule has 0 unspecified atom stereocenters. The molecule has 94 valence electrons. The Morgan fingerprint density at radius 2 is 1.94 bits per heavy atom. The fourth-order valence-electron chi connectivity index (χ4n) is 1.73. The largest absolute Gasteiger partial charge is 0.380 e. The van der Waals surface area contributed by atoms with E-state index < -0.39 is 0 Å². The third-order valence-electron chi connectivity index (χ3n) is 2.65. The van der Waals surface area contributed by atoms with Crippen LogP contribution in [-0.2, 0) is 17.9 Å². The number of rotatable bonds is 5. The molecule has 0 bridgehead atoms. The summed E-state index contributed by atoms with van der Waals surface area (Å²) in [4.78, 5) is 4.03. The van der Waals surface area contributed by atoms with E-state index in [0.29, 0.717) is 18.3 Å². The van der Waals surface area contributed by atoms with Gasteiger partial charge in [0.1, 0.15) is 0 Å². The summed E-state index contributed by atoms with van der Waals surface area (Å²) in [7, 11) is 1.70. The molecule has 18 heavy (non-hydrogen) atoms. The van der Waals surface area contributed by atoms with Gasteiger partial charge in [-0.2, -0.15) is 0 Å². The van der Waals surface area contributed by atoms with Crippen LogP contribution in [0.15, 0.2) is 42.6 Å². The lowest BCUT2D eigenvalue weighted by atomic mass is 10.1. The van der Waals surface area contributed by atoms with E-state index in [1.54, 1.807) is 13.3 Å². The molecule has 0 saturated carbocycles. The van der Waals surface area contributed by atoms with Crippen LogP contribution in [0, 0.1) is 0 Å². The molecule has 0 amide bonds. The topological polar surface area (TPSA) is 34.1 Å². The molecule has 0 atom stereocenters. The zero-order valence-electron chi connectivity index (χ0n) is 10.2. The second-order valence-electron chi connectivity index (χ2n) is 3.90. The summed E-state index contributed by atoms with van der Waals surface area (Å²) in [5.41, 5.74) is 3.21. The maximum absolute atomic E-state index is 5.99. The van der Waals surface area contributed by atoms with E-state index in [1.807, 2.05) is 24.3 Å². The number of hydrogen-bond acceptors (Lipinski definition) is 3. The summed E-state index contributed by atoms with van der Waals surface area (Å²) in [5, 5.41) is 3.77. The molecular formula is C14H15ClN2O. The van der Waals surface area contributed by atoms with Crippen molar-refractivity contribution in [2.24, 2.45) is 0 Å². The predicted octanol–water partition coefficient (Wildman–Crippen LogP) is 3.49. The van der Waals surface area contributed by atoms with Gasteiger partial charge in [-0.15, -0.1) is 0 Å². The molecule has 1 aromatic carbocycles. The van der Waals surface area contributed by atoms with Crippen LogP contribution in [0.25, 0.3) is 0 Å². The number of aromatic nitrogens is 1. The Labute approximate surface area is 112 Å². The van der Waals surface area contributed by atoms with Gasteiger partial charge in [-0.3, -0.25) is 0 Å². The minimum atomic E-state index is 0.488. The van der Waals surface area contributed by atoms with Crippen LogP contribution in [0.2, 0.25) is 5.15 Å². The highest BCUT2D eigenvalue weighted by Gasteiger charge is 2.03. The average Bonchev–Trinajstić information content (AvgIpc) is 2.40. The number of halogens is 1. The third-order valence-corrected chi connectivity index (χ3v) is 2.95. The van der Waals surface area contributed by atoms with Crippen molar-refractivity contribution in [2.45, 2.75) is 13.2 Å². The van der Waals surface area contributed by atoms with Gasteiger partial charge in [0.25, 0.3) is 0 Å².